The summed E-state index contributed by atoms with van der Waals surface area (Å²) in [4.78, 5) is 26.9. The van der Waals surface area contributed by atoms with Crippen LogP contribution in [0.25, 0.3) is 0 Å². The lowest BCUT2D eigenvalue weighted by Crippen LogP contribution is -2.66. The first-order valence-electron chi connectivity index (χ1n) is 7.69. The van der Waals surface area contributed by atoms with Gasteiger partial charge in [-0.2, -0.15) is 0 Å². The molecule has 1 N–H and O–H groups in total. The maximum absolute atomic E-state index is 12.8. The number of ether oxygens (including phenoxy) is 1. The van der Waals surface area contributed by atoms with Crippen LogP contribution in [0.15, 0.2) is 0 Å². The Morgan fingerprint density at radius 3 is 2.60 bits per heavy atom. The van der Waals surface area contributed by atoms with Crippen LogP contribution in [-0.2, 0) is 14.3 Å². The minimum Gasteiger partial charge on any atom is -0.376 e. The zero-order valence-electron chi connectivity index (χ0n) is 12.9. The maximum atomic E-state index is 12.8. The van der Waals surface area contributed by atoms with Crippen molar-refractivity contribution in [2.24, 2.45) is 5.92 Å². The van der Waals surface area contributed by atoms with Crippen molar-refractivity contribution >= 4 is 11.8 Å². The molecule has 2 amide bonds. The Labute approximate surface area is 121 Å². The zero-order valence-corrected chi connectivity index (χ0v) is 12.9. The second-order valence-corrected chi connectivity index (χ2v) is 6.29. The highest BCUT2D eigenvalue weighted by molar-refractivity contribution is 5.97. The van der Waals surface area contributed by atoms with E-state index in [4.69, 9.17) is 4.74 Å². The summed E-state index contributed by atoms with van der Waals surface area (Å²) in [5, 5.41) is 2.90. The van der Waals surface area contributed by atoms with Crippen molar-refractivity contribution in [3.05, 3.63) is 0 Å². The Balaban J connectivity index is 2.23. The third-order valence-corrected chi connectivity index (χ3v) is 4.29. The van der Waals surface area contributed by atoms with E-state index < -0.39 is 0 Å². The normalized spacial score (nSPS) is 34.8. The van der Waals surface area contributed by atoms with E-state index in [2.05, 4.69) is 19.2 Å². The summed E-state index contributed by atoms with van der Waals surface area (Å²) in [5.74, 6) is 0.422. The fourth-order valence-corrected chi connectivity index (χ4v) is 3.28. The quantitative estimate of drug-likeness (QED) is 0.846. The molecule has 0 aromatic carbocycles. The molecule has 2 aliphatic heterocycles. The number of amides is 2. The number of carbonyl (C=O) groups excluding carboxylic acids is 2. The van der Waals surface area contributed by atoms with Gasteiger partial charge >= 0.3 is 0 Å². The van der Waals surface area contributed by atoms with Crippen LogP contribution in [0, 0.1) is 5.92 Å². The lowest BCUT2D eigenvalue weighted by atomic mass is 9.94. The third kappa shape index (κ3) is 2.82. The molecule has 0 aliphatic carbocycles. The van der Waals surface area contributed by atoms with E-state index >= 15 is 0 Å². The fraction of sp³-hybridized carbons (Fsp3) is 0.867. The Morgan fingerprint density at radius 2 is 2.10 bits per heavy atom. The highest BCUT2D eigenvalue weighted by Gasteiger charge is 2.45. The number of hydrogen-bond acceptors (Lipinski definition) is 3. The van der Waals surface area contributed by atoms with Crippen molar-refractivity contribution < 1.29 is 14.3 Å². The fourth-order valence-electron chi connectivity index (χ4n) is 3.28. The molecular formula is C15H26N2O3. The van der Waals surface area contributed by atoms with Gasteiger partial charge in [0.15, 0.2) is 0 Å². The monoisotopic (exact) mass is 282 g/mol. The minimum atomic E-state index is -0.377. The first-order chi connectivity index (χ1) is 9.45. The molecule has 2 heterocycles. The van der Waals surface area contributed by atoms with Gasteiger partial charge in [0.25, 0.3) is 0 Å². The van der Waals surface area contributed by atoms with Gasteiger partial charge in [0.1, 0.15) is 12.1 Å². The molecule has 2 saturated heterocycles. The molecule has 0 radical (unpaired) electrons. The molecule has 0 bridgehead atoms. The Hall–Kier alpha value is -1.10. The van der Waals surface area contributed by atoms with Crippen LogP contribution < -0.4 is 5.32 Å². The van der Waals surface area contributed by atoms with E-state index in [-0.39, 0.29) is 36.0 Å². The van der Waals surface area contributed by atoms with Crippen molar-refractivity contribution in [3.63, 3.8) is 0 Å². The molecule has 20 heavy (non-hydrogen) atoms. The van der Waals surface area contributed by atoms with E-state index in [9.17, 15) is 9.59 Å². The molecule has 2 rings (SSSR count). The Kier molecular flexibility index (Phi) is 4.68. The van der Waals surface area contributed by atoms with Crippen LogP contribution in [0.1, 0.15) is 47.0 Å². The second kappa shape index (κ2) is 6.12. The smallest absolute Gasteiger partial charge is 0.246 e. The number of rotatable bonds is 4. The molecule has 4 unspecified atom stereocenters. The van der Waals surface area contributed by atoms with Gasteiger partial charge < -0.3 is 15.0 Å². The van der Waals surface area contributed by atoms with Crippen molar-refractivity contribution in [1.82, 2.24) is 10.2 Å². The molecule has 4 atom stereocenters. The zero-order chi connectivity index (χ0) is 14.9. The third-order valence-electron chi connectivity index (χ3n) is 4.29. The summed E-state index contributed by atoms with van der Waals surface area (Å²) in [6.07, 6.45) is 2.18. The number of piperazine rings is 1. The summed E-state index contributed by atoms with van der Waals surface area (Å²) in [6.45, 7) is 8.74. The highest BCUT2D eigenvalue weighted by Crippen LogP contribution is 2.27. The maximum Gasteiger partial charge on any atom is 0.246 e. The Bertz CT molecular complexity index is 383. The summed E-state index contributed by atoms with van der Waals surface area (Å²) in [6, 6.07) is -0.689. The van der Waals surface area contributed by atoms with Gasteiger partial charge in [-0.05, 0) is 32.1 Å². The number of hydrogen-bond donors (Lipinski definition) is 1. The predicted molar refractivity (Wildman–Crippen MR) is 76.1 cm³/mol. The van der Waals surface area contributed by atoms with Crippen LogP contribution in [-0.4, -0.2) is 47.6 Å². The van der Waals surface area contributed by atoms with Crippen molar-refractivity contribution in [3.8, 4) is 0 Å². The van der Waals surface area contributed by atoms with Crippen molar-refractivity contribution in [1.29, 1.82) is 0 Å². The standard InChI is InChI=1S/C15H26N2O3/c1-5-12-14(18)16-11(8-9(2)3)15(19)17(12)13-6-7-20-10(13)4/h9-13H,5-8H2,1-4H3,(H,16,18). The van der Waals surface area contributed by atoms with Crippen LogP contribution in [0.2, 0.25) is 0 Å². The van der Waals surface area contributed by atoms with E-state index in [0.717, 1.165) is 6.42 Å². The molecule has 0 aromatic heterocycles. The summed E-state index contributed by atoms with van der Waals surface area (Å²) >= 11 is 0. The van der Waals surface area contributed by atoms with Crippen molar-refractivity contribution in [2.75, 3.05) is 6.61 Å². The van der Waals surface area contributed by atoms with Gasteiger partial charge in [0.2, 0.25) is 11.8 Å². The average Bonchev–Trinajstić information content (AvgIpc) is 2.78. The topological polar surface area (TPSA) is 58.6 Å². The van der Waals surface area contributed by atoms with Gasteiger partial charge in [0.05, 0.1) is 12.1 Å². The summed E-state index contributed by atoms with van der Waals surface area (Å²) < 4.78 is 5.59. The van der Waals surface area contributed by atoms with E-state index in [1.165, 1.54) is 0 Å². The second-order valence-electron chi connectivity index (χ2n) is 6.29. The van der Waals surface area contributed by atoms with E-state index in [1.54, 1.807) is 0 Å². The predicted octanol–water partition coefficient (Wildman–Crippen LogP) is 1.32. The van der Waals surface area contributed by atoms with Gasteiger partial charge in [0, 0.05) is 6.61 Å². The lowest BCUT2D eigenvalue weighted by Gasteiger charge is -2.43. The summed E-state index contributed by atoms with van der Waals surface area (Å²) in [5.41, 5.74) is 0. The molecule has 2 aliphatic rings. The molecule has 2 fully saturated rings. The molecular weight excluding hydrogens is 256 g/mol. The highest BCUT2D eigenvalue weighted by atomic mass is 16.5. The number of carbonyl (C=O) groups is 2. The molecule has 5 heteroatoms. The van der Waals surface area contributed by atoms with Gasteiger partial charge in [-0.3, -0.25) is 9.59 Å². The van der Waals surface area contributed by atoms with Crippen molar-refractivity contribution in [2.45, 2.75) is 71.2 Å². The van der Waals surface area contributed by atoms with Crippen LogP contribution >= 0.6 is 0 Å². The number of nitrogens with zero attached hydrogens (tertiary/aromatic N) is 1. The molecule has 0 saturated carbocycles. The largest absolute Gasteiger partial charge is 0.376 e. The van der Waals surface area contributed by atoms with Gasteiger partial charge in [-0.25, -0.2) is 0 Å². The first kappa shape index (κ1) is 15.3. The SMILES string of the molecule is CCC1C(=O)NC(CC(C)C)C(=O)N1C1CCOC1C. The minimum absolute atomic E-state index is 0.0126. The Morgan fingerprint density at radius 1 is 1.40 bits per heavy atom. The van der Waals surface area contributed by atoms with Crippen LogP contribution in [0.4, 0.5) is 0 Å². The van der Waals surface area contributed by atoms with E-state index in [0.29, 0.717) is 25.4 Å². The van der Waals surface area contributed by atoms with Crippen LogP contribution in [0.3, 0.4) is 0 Å². The number of nitrogens with one attached hydrogen (secondary N) is 1. The lowest BCUT2D eigenvalue weighted by molar-refractivity contribution is -0.154. The molecule has 0 spiro atoms. The molecule has 0 aromatic rings. The first-order valence-corrected chi connectivity index (χ1v) is 7.69. The molecule has 114 valence electrons. The van der Waals surface area contributed by atoms with E-state index in [1.807, 2.05) is 18.7 Å². The van der Waals surface area contributed by atoms with Gasteiger partial charge in [-0.1, -0.05) is 20.8 Å². The molecule has 5 nitrogen and oxygen atoms in total. The average molecular weight is 282 g/mol. The van der Waals surface area contributed by atoms with Gasteiger partial charge in [-0.15, -0.1) is 0 Å². The summed E-state index contributed by atoms with van der Waals surface area (Å²) in [7, 11) is 0. The van der Waals surface area contributed by atoms with Crippen LogP contribution in [0.5, 0.6) is 0 Å².